The Labute approximate surface area is 202 Å². The molecule has 0 amide bonds. The van der Waals surface area contributed by atoms with Crippen LogP contribution in [0.2, 0.25) is 0 Å². The summed E-state index contributed by atoms with van der Waals surface area (Å²) in [5.41, 5.74) is -0.537. The predicted molar refractivity (Wildman–Crippen MR) is 130 cm³/mol. The average Bonchev–Trinajstić information content (AvgIpc) is 2.80. The summed E-state index contributed by atoms with van der Waals surface area (Å²) in [4.78, 5) is 2.20. The van der Waals surface area contributed by atoms with Crippen molar-refractivity contribution in [2.24, 2.45) is 0 Å². The summed E-state index contributed by atoms with van der Waals surface area (Å²) >= 11 is 0. The van der Waals surface area contributed by atoms with Crippen molar-refractivity contribution in [3.8, 4) is 0 Å². The number of hydrogen-bond donors (Lipinski definition) is 0. The van der Waals surface area contributed by atoms with Crippen LogP contribution in [0, 0.1) is 0 Å². The zero-order chi connectivity index (χ0) is 23.9. The van der Waals surface area contributed by atoms with Gasteiger partial charge in [0, 0.05) is 19.7 Å². The van der Waals surface area contributed by atoms with E-state index in [0.717, 1.165) is 26.1 Å². The molecule has 0 aromatic carbocycles. The predicted octanol–water partition coefficient (Wildman–Crippen LogP) is 3.17. The molecule has 0 bridgehead atoms. The molecule has 1 aliphatic rings. The Hall–Kier alpha value is -0.320. The maximum atomic E-state index is 6.08. The van der Waals surface area contributed by atoms with Crippen molar-refractivity contribution in [1.29, 1.82) is 0 Å². The lowest BCUT2D eigenvalue weighted by atomic mass is 10.1. The normalized spacial score (nSPS) is 23.7. The molecule has 1 heterocycles. The summed E-state index contributed by atoms with van der Waals surface area (Å²) in [7, 11) is 2.07. The summed E-state index contributed by atoms with van der Waals surface area (Å²) in [6.07, 6.45) is 7.64. The number of hydrogen-bond acceptors (Lipinski definition) is 8. The molecule has 0 aromatic rings. The molecule has 1 saturated heterocycles. The van der Waals surface area contributed by atoms with Gasteiger partial charge in [-0.1, -0.05) is 39.0 Å². The van der Waals surface area contributed by atoms with Crippen molar-refractivity contribution >= 4 is 0 Å². The van der Waals surface area contributed by atoms with Crippen molar-refractivity contribution in [2.75, 3.05) is 106 Å². The van der Waals surface area contributed by atoms with Crippen LogP contribution in [0.5, 0.6) is 0 Å². The Morgan fingerprint density at radius 1 is 0.667 bits per heavy atom. The molecule has 1 fully saturated rings. The van der Waals surface area contributed by atoms with Crippen LogP contribution in [0.4, 0.5) is 0 Å². The van der Waals surface area contributed by atoms with Crippen molar-refractivity contribution in [3.05, 3.63) is 0 Å². The molecule has 0 saturated carbocycles. The number of ether oxygens (including phenoxy) is 7. The highest BCUT2D eigenvalue weighted by Gasteiger charge is 2.26. The fourth-order valence-corrected chi connectivity index (χ4v) is 3.35. The minimum atomic E-state index is -0.537. The summed E-state index contributed by atoms with van der Waals surface area (Å²) in [5, 5.41) is 0. The zero-order valence-electron chi connectivity index (χ0n) is 21.7. The van der Waals surface area contributed by atoms with E-state index in [1.807, 2.05) is 6.92 Å². The molecule has 0 N–H and O–H groups in total. The number of nitrogens with zero attached hydrogens (tertiary/aromatic N) is 1. The van der Waals surface area contributed by atoms with Crippen molar-refractivity contribution in [3.63, 3.8) is 0 Å². The van der Waals surface area contributed by atoms with Gasteiger partial charge in [-0.25, -0.2) is 0 Å². The van der Waals surface area contributed by atoms with E-state index >= 15 is 0 Å². The monoisotopic (exact) mass is 477 g/mol. The lowest BCUT2D eigenvalue weighted by Crippen LogP contribution is -2.41. The van der Waals surface area contributed by atoms with Gasteiger partial charge in [0.25, 0.3) is 0 Å². The van der Waals surface area contributed by atoms with Crippen LogP contribution in [-0.4, -0.2) is 117 Å². The third kappa shape index (κ3) is 19.7. The zero-order valence-corrected chi connectivity index (χ0v) is 21.7. The topological polar surface area (TPSA) is 67.9 Å². The number of likely N-dealkylation sites (N-methyl/N-ethyl adjacent to an activating group) is 1. The lowest BCUT2D eigenvalue weighted by Gasteiger charge is -2.29. The molecular weight excluding hydrogens is 426 g/mol. The Kier molecular flexibility index (Phi) is 20.6. The van der Waals surface area contributed by atoms with Gasteiger partial charge in [0.05, 0.1) is 79.3 Å². The highest BCUT2D eigenvalue weighted by atomic mass is 16.6. The number of rotatable bonds is 12. The Morgan fingerprint density at radius 3 is 1.97 bits per heavy atom. The van der Waals surface area contributed by atoms with E-state index in [0.29, 0.717) is 79.3 Å². The van der Waals surface area contributed by atoms with Crippen LogP contribution < -0.4 is 0 Å². The van der Waals surface area contributed by atoms with Gasteiger partial charge < -0.3 is 38.1 Å². The molecule has 8 nitrogen and oxygen atoms in total. The summed E-state index contributed by atoms with van der Waals surface area (Å²) < 4.78 is 40.4. The maximum absolute atomic E-state index is 6.08. The summed E-state index contributed by atoms with van der Waals surface area (Å²) in [6, 6.07) is 0. The summed E-state index contributed by atoms with van der Waals surface area (Å²) in [5.74, 6) is 0. The first kappa shape index (κ1) is 30.7. The van der Waals surface area contributed by atoms with E-state index in [1.54, 1.807) is 0 Å². The minimum absolute atomic E-state index is 0.442. The standard InChI is InChI=1S/C25H51NO7/c1-4-5-6-7-8-9-12-27-17-19-31-23-25(2)24-32-20-18-29-14-11-26(3)10-13-28-15-16-30-21-22-33-25/h4-24H2,1-3H3. The number of unbranched alkanes of at least 4 members (excludes halogenated alkanes) is 5. The van der Waals surface area contributed by atoms with Crippen molar-refractivity contribution < 1.29 is 33.2 Å². The molecule has 0 aromatic heterocycles. The van der Waals surface area contributed by atoms with Crippen molar-refractivity contribution in [1.82, 2.24) is 4.90 Å². The van der Waals surface area contributed by atoms with E-state index in [1.165, 1.54) is 32.1 Å². The van der Waals surface area contributed by atoms with Crippen LogP contribution in [0.25, 0.3) is 0 Å². The van der Waals surface area contributed by atoms with Gasteiger partial charge in [0.15, 0.2) is 0 Å². The second-order valence-electron chi connectivity index (χ2n) is 8.92. The van der Waals surface area contributed by atoms with E-state index < -0.39 is 5.60 Å². The Balaban J connectivity index is 2.22. The quantitative estimate of drug-likeness (QED) is 0.397. The molecule has 198 valence electrons. The van der Waals surface area contributed by atoms with E-state index in [9.17, 15) is 0 Å². The van der Waals surface area contributed by atoms with Gasteiger partial charge in [-0.05, 0) is 20.4 Å². The van der Waals surface area contributed by atoms with Gasteiger partial charge in [-0.15, -0.1) is 0 Å². The molecule has 0 radical (unpaired) electrons. The minimum Gasteiger partial charge on any atom is -0.379 e. The van der Waals surface area contributed by atoms with Gasteiger partial charge in [0.2, 0.25) is 0 Å². The first-order valence-electron chi connectivity index (χ1n) is 13.0. The maximum Gasteiger partial charge on any atom is 0.112 e. The second-order valence-corrected chi connectivity index (χ2v) is 8.92. The van der Waals surface area contributed by atoms with Gasteiger partial charge in [-0.3, -0.25) is 0 Å². The largest absolute Gasteiger partial charge is 0.379 e. The SMILES string of the molecule is CCCCCCCCOCCOCC1(C)COCCOCCN(C)CCOCCOCCO1. The van der Waals surface area contributed by atoms with Crippen LogP contribution >= 0.6 is 0 Å². The Bertz CT molecular complexity index is 416. The fourth-order valence-electron chi connectivity index (χ4n) is 3.35. The Morgan fingerprint density at radius 2 is 1.24 bits per heavy atom. The third-order valence-electron chi connectivity index (χ3n) is 5.49. The smallest absolute Gasteiger partial charge is 0.112 e. The van der Waals surface area contributed by atoms with Crippen LogP contribution in [0.15, 0.2) is 0 Å². The molecule has 1 atom stereocenters. The first-order valence-corrected chi connectivity index (χ1v) is 13.0. The molecule has 0 aliphatic carbocycles. The molecule has 1 aliphatic heterocycles. The molecule has 33 heavy (non-hydrogen) atoms. The molecular formula is C25H51NO7. The van der Waals surface area contributed by atoms with E-state index in [-0.39, 0.29) is 0 Å². The van der Waals surface area contributed by atoms with Gasteiger partial charge in [-0.2, -0.15) is 0 Å². The fraction of sp³-hybridized carbons (Fsp3) is 1.00. The van der Waals surface area contributed by atoms with Gasteiger partial charge >= 0.3 is 0 Å². The van der Waals surface area contributed by atoms with E-state index in [2.05, 4.69) is 18.9 Å². The lowest BCUT2D eigenvalue weighted by molar-refractivity contribution is -0.141. The summed E-state index contributed by atoms with van der Waals surface area (Å²) in [6.45, 7) is 13.5. The highest BCUT2D eigenvalue weighted by Crippen LogP contribution is 2.12. The first-order chi connectivity index (χ1) is 16.2. The molecule has 8 heteroatoms. The van der Waals surface area contributed by atoms with Crippen molar-refractivity contribution in [2.45, 2.75) is 58.0 Å². The van der Waals surface area contributed by atoms with Crippen LogP contribution in [0.1, 0.15) is 52.4 Å². The molecule has 1 rings (SSSR count). The third-order valence-corrected chi connectivity index (χ3v) is 5.49. The van der Waals surface area contributed by atoms with Crippen LogP contribution in [0.3, 0.4) is 0 Å². The van der Waals surface area contributed by atoms with Gasteiger partial charge in [0.1, 0.15) is 5.60 Å². The van der Waals surface area contributed by atoms with E-state index in [4.69, 9.17) is 33.2 Å². The van der Waals surface area contributed by atoms with Crippen LogP contribution in [-0.2, 0) is 33.2 Å². The average molecular weight is 478 g/mol. The highest BCUT2D eigenvalue weighted by molar-refractivity contribution is 4.74. The second kappa shape index (κ2) is 22.2. The molecule has 0 spiro atoms. The molecule has 1 unspecified atom stereocenters.